The monoisotopic (exact) mass is 289 g/mol. The largest absolute Gasteiger partial charge is 0.393 e. The van der Waals surface area contributed by atoms with Gasteiger partial charge in [-0.25, -0.2) is 0 Å². The fourth-order valence-corrected chi connectivity index (χ4v) is 6.73. The van der Waals surface area contributed by atoms with E-state index in [2.05, 4.69) is 19.9 Å². The van der Waals surface area contributed by atoms with Gasteiger partial charge in [-0.15, -0.1) is 0 Å². The van der Waals surface area contributed by atoms with Gasteiger partial charge in [0, 0.05) is 6.04 Å². The average molecular weight is 289 g/mol. The summed E-state index contributed by atoms with van der Waals surface area (Å²) in [5, 5.41) is 10.5. The first-order valence-corrected chi connectivity index (χ1v) is 9.10. The zero-order valence-electron chi connectivity index (χ0n) is 13.6. The van der Waals surface area contributed by atoms with Crippen molar-refractivity contribution < 1.29 is 5.11 Å². The van der Waals surface area contributed by atoms with E-state index in [4.69, 9.17) is 5.73 Å². The highest BCUT2D eigenvalue weighted by Crippen LogP contribution is 2.65. The van der Waals surface area contributed by atoms with Crippen LogP contribution in [-0.2, 0) is 0 Å². The molecule has 0 amide bonds. The Balaban J connectivity index is 1.67. The number of allylic oxidation sites excluding steroid dienone is 1. The summed E-state index contributed by atoms with van der Waals surface area (Å²) in [4.78, 5) is 0. The molecule has 2 heteroatoms. The van der Waals surface area contributed by atoms with E-state index in [-0.39, 0.29) is 11.5 Å². The van der Waals surface area contributed by atoms with E-state index in [1.807, 2.05) is 0 Å². The molecule has 0 saturated heterocycles. The Morgan fingerprint density at radius 2 is 1.86 bits per heavy atom. The van der Waals surface area contributed by atoms with E-state index in [0.29, 0.717) is 11.5 Å². The van der Waals surface area contributed by atoms with Crippen molar-refractivity contribution in [2.45, 2.75) is 77.4 Å². The third kappa shape index (κ3) is 1.84. The second-order valence-electron chi connectivity index (χ2n) is 8.87. The maximum atomic E-state index is 10.5. The Morgan fingerprint density at radius 3 is 2.67 bits per heavy atom. The van der Waals surface area contributed by atoms with Gasteiger partial charge in [0.1, 0.15) is 0 Å². The Bertz CT molecular complexity index is 472. The third-order valence-corrected chi connectivity index (χ3v) is 8.10. The molecule has 118 valence electrons. The zero-order valence-corrected chi connectivity index (χ0v) is 13.6. The first-order chi connectivity index (χ1) is 9.95. The summed E-state index contributed by atoms with van der Waals surface area (Å²) in [6.45, 7) is 4.89. The van der Waals surface area contributed by atoms with Gasteiger partial charge in [0.15, 0.2) is 0 Å². The van der Waals surface area contributed by atoms with E-state index < -0.39 is 0 Å². The molecular formula is C19H31NO. The molecule has 0 aromatic carbocycles. The van der Waals surface area contributed by atoms with Crippen molar-refractivity contribution in [1.29, 1.82) is 0 Å². The molecule has 0 heterocycles. The van der Waals surface area contributed by atoms with Crippen molar-refractivity contribution in [3.63, 3.8) is 0 Å². The summed E-state index contributed by atoms with van der Waals surface area (Å²) in [5.74, 6) is 2.45. The molecule has 21 heavy (non-hydrogen) atoms. The van der Waals surface area contributed by atoms with Crippen LogP contribution in [0.2, 0.25) is 0 Å². The lowest BCUT2D eigenvalue weighted by Crippen LogP contribution is -2.51. The van der Waals surface area contributed by atoms with Crippen LogP contribution in [-0.4, -0.2) is 17.3 Å². The van der Waals surface area contributed by atoms with Crippen molar-refractivity contribution in [2.24, 2.45) is 34.3 Å². The smallest absolute Gasteiger partial charge is 0.0596 e. The minimum absolute atomic E-state index is 0.0482. The molecule has 3 fully saturated rings. The fourth-order valence-electron chi connectivity index (χ4n) is 6.73. The number of nitrogens with two attached hydrogens (primary N) is 1. The third-order valence-electron chi connectivity index (χ3n) is 8.10. The standard InChI is InChI=1S/C19H31NO/c1-18-9-7-13(20)11-12(18)3-4-14-15-5-6-17(21)19(15,2)10-8-16(14)18/h11,13-17,21H,3-10,20H2,1-2H3/t13?,14-,15-,16+,17?,18-,19-/m0/s1. The number of fused-ring (bicyclic) bond motifs is 5. The summed E-state index contributed by atoms with van der Waals surface area (Å²) in [7, 11) is 0. The van der Waals surface area contributed by atoms with E-state index in [1.54, 1.807) is 5.57 Å². The summed E-state index contributed by atoms with van der Waals surface area (Å²) >= 11 is 0. The Hall–Kier alpha value is -0.340. The molecule has 0 aliphatic heterocycles. The van der Waals surface area contributed by atoms with Crippen LogP contribution in [0.1, 0.15) is 65.2 Å². The molecule has 4 aliphatic rings. The highest BCUT2D eigenvalue weighted by molar-refractivity contribution is 5.26. The summed E-state index contributed by atoms with van der Waals surface area (Å²) in [5.41, 5.74) is 8.48. The number of aliphatic hydroxyl groups is 1. The second kappa shape index (κ2) is 4.58. The van der Waals surface area contributed by atoms with Crippen molar-refractivity contribution in [1.82, 2.24) is 0 Å². The van der Waals surface area contributed by atoms with Gasteiger partial charge in [-0.3, -0.25) is 0 Å². The fraction of sp³-hybridized carbons (Fsp3) is 0.895. The second-order valence-corrected chi connectivity index (χ2v) is 8.87. The Morgan fingerprint density at radius 1 is 1.05 bits per heavy atom. The lowest BCUT2D eigenvalue weighted by Gasteiger charge is -2.58. The molecule has 2 unspecified atom stereocenters. The Kier molecular flexibility index (Phi) is 3.11. The summed E-state index contributed by atoms with van der Waals surface area (Å²) in [6, 6.07) is 0.298. The molecule has 4 aliphatic carbocycles. The Labute approximate surface area is 129 Å². The van der Waals surface area contributed by atoms with Crippen LogP contribution >= 0.6 is 0 Å². The van der Waals surface area contributed by atoms with Gasteiger partial charge in [-0.1, -0.05) is 25.5 Å². The van der Waals surface area contributed by atoms with Crippen LogP contribution in [0.3, 0.4) is 0 Å². The van der Waals surface area contributed by atoms with Crippen LogP contribution in [0, 0.1) is 28.6 Å². The number of rotatable bonds is 0. The van der Waals surface area contributed by atoms with E-state index >= 15 is 0 Å². The minimum atomic E-state index is -0.0482. The number of hydrogen-bond acceptors (Lipinski definition) is 2. The molecule has 4 rings (SSSR count). The maximum Gasteiger partial charge on any atom is 0.0596 e. The van der Waals surface area contributed by atoms with E-state index in [0.717, 1.165) is 30.6 Å². The van der Waals surface area contributed by atoms with Gasteiger partial charge >= 0.3 is 0 Å². The molecule has 3 saturated carbocycles. The number of aliphatic hydroxyl groups excluding tert-OH is 1. The molecule has 0 spiro atoms. The first kappa shape index (κ1) is 14.3. The molecule has 3 N–H and O–H groups in total. The van der Waals surface area contributed by atoms with Crippen molar-refractivity contribution in [3.8, 4) is 0 Å². The highest BCUT2D eigenvalue weighted by Gasteiger charge is 2.58. The van der Waals surface area contributed by atoms with Crippen LogP contribution in [0.5, 0.6) is 0 Å². The maximum absolute atomic E-state index is 10.5. The molecule has 0 bridgehead atoms. The van der Waals surface area contributed by atoms with Gasteiger partial charge in [-0.05, 0) is 80.0 Å². The first-order valence-electron chi connectivity index (χ1n) is 9.10. The summed E-state index contributed by atoms with van der Waals surface area (Å²) < 4.78 is 0. The van der Waals surface area contributed by atoms with Crippen LogP contribution in [0.25, 0.3) is 0 Å². The molecule has 7 atom stereocenters. The molecule has 0 aromatic heterocycles. The number of hydrogen-bond donors (Lipinski definition) is 2. The predicted octanol–water partition coefficient (Wildman–Crippen LogP) is 3.64. The van der Waals surface area contributed by atoms with Crippen molar-refractivity contribution >= 4 is 0 Å². The lowest BCUT2D eigenvalue weighted by molar-refractivity contribution is -0.0739. The average Bonchev–Trinajstić information content (AvgIpc) is 2.76. The topological polar surface area (TPSA) is 46.2 Å². The van der Waals surface area contributed by atoms with Gasteiger partial charge in [0.2, 0.25) is 0 Å². The normalized spacial score (nSPS) is 56.2. The zero-order chi connectivity index (χ0) is 14.8. The van der Waals surface area contributed by atoms with Crippen LogP contribution < -0.4 is 5.73 Å². The van der Waals surface area contributed by atoms with Crippen LogP contribution in [0.4, 0.5) is 0 Å². The van der Waals surface area contributed by atoms with Crippen molar-refractivity contribution in [2.75, 3.05) is 0 Å². The molecule has 0 radical (unpaired) electrons. The highest BCUT2D eigenvalue weighted by atomic mass is 16.3. The quantitative estimate of drug-likeness (QED) is 0.669. The van der Waals surface area contributed by atoms with Gasteiger partial charge in [0.25, 0.3) is 0 Å². The molecular weight excluding hydrogens is 258 g/mol. The van der Waals surface area contributed by atoms with Gasteiger partial charge in [-0.2, -0.15) is 0 Å². The van der Waals surface area contributed by atoms with E-state index in [9.17, 15) is 5.11 Å². The molecule has 0 aromatic rings. The lowest BCUT2D eigenvalue weighted by atomic mass is 9.47. The van der Waals surface area contributed by atoms with E-state index in [1.165, 1.54) is 38.5 Å². The van der Waals surface area contributed by atoms with Crippen molar-refractivity contribution in [3.05, 3.63) is 11.6 Å². The molecule has 2 nitrogen and oxygen atoms in total. The minimum Gasteiger partial charge on any atom is -0.393 e. The van der Waals surface area contributed by atoms with Gasteiger partial charge in [0.05, 0.1) is 6.10 Å². The van der Waals surface area contributed by atoms with Gasteiger partial charge < -0.3 is 10.8 Å². The summed E-state index contributed by atoms with van der Waals surface area (Å²) in [6.07, 6.45) is 12.2. The van der Waals surface area contributed by atoms with Crippen LogP contribution in [0.15, 0.2) is 11.6 Å². The predicted molar refractivity (Wildman–Crippen MR) is 85.7 cm³/mol. The SMILES string of the molecule is C[C@]12CCC(N)C=C1CC[C@@H]1[C@H]2CC[C@]2(C)C(O)CC[C@@H]12.